The summed E-state index contributed by atoms with van der Waals surface area (Å²) in [6.45, 7) is 2.43. The van der Waals surface area contributed by atoms with Gasteiger partial charge < -0.3 is 35.3 Å². The third-order valence-electron chi connectivity index (χ3n) is 8.36. The number of nitrogens with one attached hydrogen (secondary N) is 2. The summed E-state index contributed by atoms with van der Waals surface area (Å²) in [7, 11) is 4.90. The van der Waals surface area contributed by atoms with E-state index in [1.807, 2.05) is 21.8 Å². The van der Waals surface area contributed by atoms with Gasteiger partial charge >= 0.3 is 6.18 Å². The summed E-state index contributed by atoms with van der Waals surface area (Å²) in [5.41, 5.74) is 9.92. The molecule has 2 atom stereocenters. The van der Waals surface area contributed by atoms with E-state index < -0.39 is 42.6 Å². The van der Waals surface area contributed by atoms with Crippen LogP contribution >= 0.6 is 0 Å². The van der Waals surface area contributed by atoms with Gasteiger partial charge in [0.05, 0.1) is 40.9 Å². The van der Waals surface area contributed by atoms with Crippen LogP contribution in [0.1, 0.15) is 22.3 Å². The van der Waals surface area contributed by atoms with Crippen LogP contribution in [-0.2, 0) is 16.6 Å². The van der Waals surface area contributed by atoms with Crippen LogP contribution in [0.4, 0.5) is 33.5 Å². The zero-order valence-corrected chi connectivity index (χ0v) is 28.0. The van der Waals surface area contributed by atoms with Crippen molar-refractivity contribution < 1.29 is 41.0 Å². The Hall–Kier alpha value is -5.46. The van der Waals surface area contributed by atoms with Crippen LogP contribution in [0, 0.1) is 11.8 Å². The highest BCUT2D eigenvalue weighted by Crippen LogP contribution is 2.44. The molecule has 0 saturated carbocycles. The minimum atomic E-state index is -4.61. The number of hydrogen-bond acceptors (Lipinski definition) is 7. The molecule has 4 N–H and O–H groups in total. The Morgan fingerprint density at radius 3 is 2.49 bits per heavy atom. The van der Waals surface area contributed by atoms with E-state index in [-0.39, 0.29) is 30.3 Å². The van der Waals surface area contributed by atoms with Crippen LogP contribution in [0.3, 0.4) is 0 Å². The van der Waals surface area contributed by atoms with Crippen molar-refractivity contribution in [3.63, 3.8) is 0 Å². The number of nitrogens with two attached hydrogens (primary N) is 1. The molecule has 3 heterocycles. The lowest BCUT2D eigenvalue weighted by Gasteiger charge is -2.31. The molecule has 10 nitrogen and oxygen atoms in total. The smallest absolute Gasteiger partial charge is 0.405 e. The molecular weight excluding hydrogens is 675 g/mol. The number of carbonyl (C=O) groups is 2. The number of carbonyl (C=O) groups excluding carboxylic acids is 2. The van der Waals surface area contributed by atoms with Crippen LogP contribution in [0.25, 0.3) is 33.3 Å². The van der Waals surface area contributed by atoms with Crippen LogP contribution < -0.4 is 21.1 Å². The van der Waals surface area contributed by atoms with Crippen molar-refractivity contribution in [2.75, 3.05) is 51.4 Å². The van der Waals surface area contributed by atoms with E-state index in [1.165, 1.54) is 25.4 Å². The monoisotopic (exact) mass is 710 g/mol. The first-order chi connectivity index (χ1) is 24.2. The van der Waals surface area contributed by atoms with E-state index in [0.717, 1.165) is 0 Å². The number of fused-ring (bicyclic) bond motifs is 1. The molecule has 2 aromatic carbocycles. The highest BCUT2D eigenvalue weighted by atomic mass is 19.4. The van der Waals surface area contributed by atoms with Gasteiger partial charge in [-0.15, -0.1) is 0 Å². The third-order valence-corrected chi connectivity index (χ3v) is 8.36. The summed E-state index contributed by atoms with van der Waals surface area (Å²) in [4.78, 5) is 30.8. The molecule has 1 aliphatic rings. The number of halogens is 5. The fraction of sp³-hybridized carbons (Fsp3) is 0.306. The molecule has 2 amide bonds. The Kier molecular flexibility index (Phi) is 11.0. The second kappa shape index (κ2) is 15.2. The summed E-state index contributed by atoms with van der Waals surface area (Å²) in [6, 6.07) is 10.9. The van der Waals surface area contributed by atoms with Gasteiger partial charge in [0.25, 0.3) is 11.8 Å². The number of hydrogen-bond donors (Lipinski definition) is 3. The fourth-order valence-corrected chi connectivity index (χ4v) is 5.94. The second-order valence-electron chi connectivity index (χ2n) is 11.9. The molecular formula is C36H35F5N6O4. The molecule has 4 aromatic rings. The molecule has 0 spiro atoms. The molecule has 0 aliphatic carbocycles. The number of rotatable bonds is 9. The van der Waals surface area contributed by atoms with Gasteiger partial charge in [-0.2, -0.15) is 13.2 Å². The quantitative estimate of drug-likeness (QED) is 0.117. The largest absolute Gasteiger partial charge is 0.496 e. The number of aryl methyl sites for hydroxylation is 1. The van der Waals surface area contributed by atoms with Gasteiger partial charge in [-0.25, -0.2) is 13.8 Å². The van der Waals surface area contributed by atoms with Gasteiger partial charge in [0.1, 0.15) is 30.9 Å². The normalized spacial score (nSPS) is 16.3. The van der Waals surface area contributed by atoms with Crippen molar-refractivity contribution in [1.29, 1.82) is 0 Å². The number of amides is 2. The third kappa shape index (κ3) is 8.30. The molecule has 1 aliphatic heterocycles. The molecule has 15 heteroatoms. The molecule has 51 heavy (non-hydrogen) atoms. The number of ether oxygens (including phenoxy) is 2. The molecule has 0 bridgehead atoms. The number of nitrogens with zero attached hydrogens (tertiary/aromatic N) is 3. The maximum atomic E-state index is 14.5. The average Bonchev–Trinajstić information content (AvgIpc) is 3.40. The van der Waals surface area contributed by atoms with Gasteiger partial charge in [-0.3, -0.25) is 9.59 Å². The maximum absolute atomic E-state index is 14.5. The molecule has 1 saturated heterocycles. The van der Waals surface area contributed by atoms with Gasteiger partial charge in [0.2, 0.25) is 0 Å². The van der Waals surface area contributed by atoms with Crippen LogP contribution in [0.15, 0.2) is 61.1 Å². The van der Waals surface area contributed by atoms with E-state index in [4.69, 9.17) is 15.2 Å². The van der Waals surface area contributed by atoms with Crippen molar-refractivity contribution >= 4 is 34.2 Å². The summed E-state index contributed by atoms with van der Waals surface area (Å²) < 4.78 is 79.3. The van der Waals surface area contributed by atoms with Crippen LogP contribution in [-0.4, -0.2) is 85.1 Å². The minimum Gasteiger partial charge on any atom is -0.496 e. The predicted molar refractivity (Wildman–Crippen MR) is 183 cm³/mol. The second-order valence-corrected chi connectivity index (χ2v) is 11.9. The van der Waals surface area contributed by atoms with E-state index in [0.29, 0.717) is 57.5 Å². The molecule has 2 aromatic heterocycles. The van der Waals surface area contributed by atoms with Gasteiger partial charge in [-0.05, 0) is 48.9 Å². The number of pyridine rings is 1. The SMILES string of the molecule is C=C(F)C(=O)Nc1ccc(-c2c(-c3ccc(C(=O)NCC(F)(F)F)c(OC)c3)c3c(N)ncc(C#CCO[C@@H]4CCN(C)C[C@@H]4F)c3n2C)cc1. The Morgan fingerprint density at radius 2 is 1.84 bits per heavy atom. The molecule has 1 fully saturated rings. The first kappa shape index (κ1) is 36.8. The highest BCUT2D eigenvalue weighted by Gasteiger charge is 2.30. The van der Waals surface area contributed by atoms with E-state index in [9.17, 15) is 31.5 Å². The van der Waals surface area contributed by atoms with Gasteiger partial charge in [0.15, 0.2) is 5.83 Å². The average molecular weight is 711 g/mol. The predicted octanol–water partition coefficient (Wildman–Crippen LogP) is 5.62. The number of methoxy groups -OCH3 is 1. The van der Waals surface area contributed by atoms with Gasteiger partial charge in [-0.1, -0.05) is 36.6 Å². The van der Waals surface area contributed by atoms with E-state index in [1.54, 1.807) is 37.4 Å². The molecule has 0 radical (unpaired) electrons. The van der Waals surface area contributed by atoms with Gasteiger partial charge in [0, 0.05) is 37.6 Å². The Bertz CT molecular complexity index is 2030. The summed E-state index contributed by atoms with van der Waals surface area (Å²) in [6.07, 6.45) is -4.28. The first-order valence-electron chi connectivity index (χ1n) is 15.7. The number of alkyl halides is 4. The zero-order valence-electron chi connectivity index (χ0n) is 28.0. The Labute approximate surface area is 290 Å². The summed E-state index contributed by atoms with van der Waals surface area (Å²) in [5, 5.41) is 4.73. The molecule has 268 valence electrons. The van der Waals surface area contributed by atoms with E-state index >= 15 is 0 Å². The number of aromatic nitrogens is 2. The van der Waals surface area contributed by atoms with E-state index in [2.05, 4.69) is 28.7 Å². The van der Waals surface area contributed by atoms with Crippen molar-refractivity contribution in [3.8, 4) is 40.0 Å². The number of nitrogen functional groups attached to an aromatic ring is 1. The van der Waals surface area contributed by atoms with Crippen LogP contribution in [0.5, 0.6) is 5.75 Å². The lowest BCUT2D eigenvalue weighted by Crippen LogP contribution is -2.43. The minimum absolute atomic E-state index is 0.000612. The molecule has 0 unspecified atom stereocenters. The van der Waals surface area contributed by atoms with Crippen molar-refractivity contribution in [2.24, 2.45) is 7.05 Å². The lowest BCUT2D eigenvalue weighted by molar-refractivity contribution is -0.123. The number of benzene rings is 2. The Balaban J connectivity index is 1.62. The summed E-state index contributed by atoms with van der Waals surface area (Å²) >= 11 is 0. The van der Waals surface area contributed by atoms with Crippen molar-refractivity contribution in [1.82, 2.24) is 19.8 Å². The maximum Gasteiger partial charge on any atom is 0.405 e. The van der Waals surface area contributed by atoms with Crippen molar-refractivity contribution in [2.45, 2.75) is 24.9 Å². The number of piperidine rings is 1. The van der Waals surface area contributed by atoms with Crippen LogP contribution in [0.2, 0.25) is 0 Å². The standard InChI is InChI=1S/C36H35F5N6O4/c1-20(37)34(48)45-24-10-7-21(8-11-24)31-29(22-9-12-25(28(16-22)50-4)35(49)44-19-36(39,40)41)30-32(47(31)3)23(17-43-33(30)42)6-5-15-51-27-13-14-46(2)18-26(27)38/h7-12,16-17,26-27H,1,13-15,18-19H2,2-4H3,(H2,42,43)(H,44,49)(H,45,48)/t26-,27+/m0/s1. The Morgan fingerprint density at radius 1 is 1.14 bits per heavy atom. The topological polar surface area (TPSA) is 124 Å². The number of anilines is 2. The summed E-state index contributed by atoms with van der Waals surface area (Å²) in [5.74, 6) is 3.02. The highest BCUT2D eigenvalue weighted by molar-refractivity contribution is 6.11. The lowest BCUT2D eigenvalue weighted by atomic mass is 9.96. The first-order valence-corrected chi connectivity index (χ1v) is 15.7. The molecule has 5 rings (SSSR count). The zero-order chi connectivity index (χ0) is 37.0. The van der Waals surface area contributed by atoms with Crippen molar-refractivity contribution in [3.05, 3.63) is 72.2 Å². The number of likely N-dealkylation sites (tertiary alicyclic amines) is 1. The fourth-order valence-electron chi connectivity index (χ4n) is 5.94.